The largest absolute Gasteiger partial charge is 0.418 e. The fourth-order valence-electron chi connectivity index (χ4n) is 2.62. The number of fused-ring (bicyclic) bond motifs is 1. The van der Waals surface area contributed by atoms with Gasteiger partial charge >= 0.3 is 6.18 Å². The van der Waals surface area contributed by atoms with Crippen molar-refractivity contribution in [2.24, 2.45) is 0 Å². The van der Waals surface area contributed by atoms with Crippen molar-refractivity contribution in [2.75, 3.05) is 0 Å². The number of aryl methyl sites for hydroxylation is 1. The van der Waals surface area contributed by atoms with Crippen molar-refractivity contribution >= 4 is 0 Å². The van der Waals surface area contributed by atoms with Crippen molar-refractivity contribution in [3.05, 3.63) is 47.8 Å². The Labute approximate surface area is 103 Å². The monoisotopic (exact) mass is 251 g/mol. The van der Waals surface area contributed by atoms with E-state index in [9.17, 15) is 13.2 Å². The van der Waals surface area contributed by atoms with Crippen LogP contribution >= 0.6 is 0 Å². The number of aromatic nitrogens is 1. The standard InChI is InChI=1S/C14H12F3N/c15-14(16,17)11-9-18-8-4-7-12(18)13(11)10-5-2-1-3-6-10/h1-3,5-6,9H,4,7-8H2. The summed E-state index contributed by atoms with van der Waals surface area (Å²) in [6.07, 6.45) is -1.39. The number of nitrogens with zero attached hydrogens (tertiary/aromatic N) is 1. The summed E-state index contributed by atoms with van der Waals surface area (Å²) in [5.74, 6) is 0. The van der Waals surface area contributed by atoms with Crippen molar-refractivity contribution in [1.82, 2.24) is 4.57 Å². The first-order valence-electron chi connectivity index (χ1n) is 5.92. The Morgan fingerprint density at radius 1 is 1.06 bits per heavy atom. The van der Waals surface area contributed by atoms with E-state index in [1.807, 2.05) is 6.07 Å². The minimum absolute atomic E-state index is 0.362. The summed E-state index contributed by atoms with van der Waals surface area (Å²) in [7, 11) is 0. The number of hydrogen-bond donors (Lipinski definition) is 0. The van der Waals surface area contributed by atoms with Gasteiger partial charge in [0.2, 0.25) is 0 Å². The lowest BCUT2D eigenvalue weighted by molar-refractivity contribution is -0.137. The molecular formula is C14H12F3N. The molecule has 4 heteroatoms. The average molecular weight is 251 g/mol. The molecule has 1 aliphatic rings. The third-order valence-electron chi connectivity index (χ3n) is 3.37. The van der Waals surface area contributed by atoms with Gasteiger partial charge in [0.05, 0.1) is 5.56 Å². The predicted molar refractivity (Wildman–Crippen MR) is 63.2 cm³/mol. The zero-order valence-corrected chi connectivity index (χ0v) is 9.67. The van der Waals surface area contributed by atoms with Crippen molar-refractivity contribution < 1.29 is 13.2 Å². The van der Waals surface area contributed by atoms with Crippen LogP contribution in [-0.4, -0.2) is 4.57 Å². The Hall–Kier alpha value is -1.71. The number of halogens is 3. The first-order chi connectivity index (χ1) is 8.57. The normalized spacial score (nSPS) is 14.8. The van der Waals surface area contributed by atoms with Crippen molar-refractivity contribution in [2.45, 2.75) is 25.6 Å². The molecule has 94 valence electrons. The van der Waals surface area contributed by atoms with Gasteiger partial charge in [-0.15, -0.1) is 0 Å². The van der Waals surface area contributed by atoms with E-state index in [0.717, 1.165) is 18.5 Å². The summed E-state index contributed by atoms with van der Waals surface area (Å²) in [5.41, 5.74) is 1.32. The predicted octanol–water partition coefficient (Wildman–Crippen LogP) is 4.12. The zero-order valence-electron chi connectivity index (χ0n) is 9.67. The summed E-state index contributed by atoms with van der Waals surface area (Å²) in [6.45, 7) is 0.686. The Balaban J connectivity index is 2.24. The molecule has 1 nitrogen and oxygen atoms in total. The molecule has 0 amide bonds. The number of rotatable bonds is 1. The third-order valence-corrected chi connectivity index (χ3v) is 3.37. The van der Waals surface area contributed by atoms with Gasteiger partial charge in [-0.3, -0.25) is 0 Å². The van der Waals surface area contributed by atoms with E-state index in [0.29, 0.717) is 17.7 Å². The number of benzene rings is 1. The fourth-order valence-corrected chi connectivity index (χ4v) is 2.62. The van der Waals surface area contributed by atoms with Crippen LogP contribution < -0.4 is 0 Å². The highest BCUT2D eigenvalue weighted by atomic mass is 19.4. The molecule has 0 bridgehead atoms. The Kier molecular flexibility index (Phi) is 2.47. The second kappa shape index (κ2) is 3.90. The van der Waals surface area contributed by atoms with Crippen molar-refractivity contribution in [3.63, 3.8) is 0 Å². The molecule has 0 N–H and O–H groups in total. The summed E-state index contributed by atoms with van der Waals surface area (Å²) >= 11 is 0. The van der Waals surface area contributed by atoms with Crippen LogP contribution in [0.25, 0.3) is 11.1 Å². The van der Waals surface area contributed by atoms with Crippen LogP contribution in [0.1, 0.15) is 17.7 Å². The van der Waals surface area contributed by atoms with Gasteiger partial charge in [-0.25, -0.2) is 0 Å². The molecule has 2 heterocycles. The first-order valence-corrected chi connectivity index (χ1v) is 5.92. The maximum Gasteiger partial charge on any atom is 0.418 e. The highest BCUT2D eigenvalue weighted by molar-refractivity contribution is 5.71. The molecule has 3 rings (SSSR count). The molecule has 0 saturated heterocycles. The van der Waals surface area contributed by atoms with E-state index >= 15 is 0 Å². The summed E-state index contributed by atoms with van der Waals surface area (Å²) in [6, 6.07) is 8.84. The Bertz CT molecular complexity index is 567. The molecule has 0 radical (unpaired) electrons. The van der Waals surface area contributed by atoms with E-state index in [1.54, 1.807) is 28.8 Å². The fraction of sp³-hybridized carbons (Fsp3) is 0.286. The Morgan fingerprint density at radius 2 is 1.78 bits per heavy atom. The minimum Gasteiger partial charge on any atom is -0.350 e. The molecule has 18 heavy (non-hydrogen) atoms. The van der Waals surface area contributed by atoms with Gasteiger partial charge in [0.1, 0.15) is 0 Å². The Morgan fingerprint density at radius 3 is 2.44 bits per heavy atom. The molecule has 0 unspecified atom stereocenters. The van der Waals surface area contributed by atoms with Crippen LogP contribution in [0.15, 0.2) is 36.5 Å². The smallest absolute Gasteiger partial charge is 0.350 e. The van der Waals surface area contributed by atoms with Crippen LogP contribution in [0.2, 0.25) is 0 Å². The van der Waals surface area contributed by atoms with E-state index in [-0.39, 0.29) is 0 Å². The molecule has 0 aliphatic carbocycles. The van der Waals surface area contributed by atoms with Crippen molar-refractivity contribution in [3.8, 4) is 11.1 Å². The van der Waals surface area contributed by atoms with Gasteiger partial charge in [0, 0.05) is 24.0 Å². The molecule has 1 aliphatic heterocycles. The van der Waals surface area contributed by atoms with Gasteiger partial charge < -0.3 is 4.57 Å². The van der Waals surface area contributed by atoms with Gasteiger partial charge in [-0.2, -0.15) is 13.2 Å². The molecule has 0 fully saturated rings. The summed E-state index contributed by atoms with van der Waals surface area (Å²) < 4.78 is 41.0. The van der Waals surface area contributed by atoms with Crippen LogP contribution in [0, 0.1) is 0 Å². The molecule has 0 atom stereocenters. The number of alkyl halides is 3. The minimum atomic E-state index is -4.29. The van der Waals surface area contributed by atoms with E-state index in [4.69, 9.17) is 0 Å². The maximum atomic E-state index is 13.1. The topological polar surface area (TPSA) is 4.93 Å². The van der Waals surface area contributed by atoms with E-state index in [1.165, 1.54) is 6.20 Å². The third kappa shape index (κ3) is 1.72. The highest BCUT2D eigenvalue weighted by Gasteiger charge is 2.37. The lowest BCUT2D eigenvalue weighted by atomic mass is 10.00. The quantitative estimate of drug-likeness (QED) is 0.718. The molecular weight excluding hydrogens is 239 g/mol. The lowest BCUT2D eigenvalue weighted by Gasteiger charge is -2.09. The second-order valence-corrected chi connectivity index (χ2v) is 4.53. The average Bonchev–Trinajstić information content (AvgIpc) is 2.88. The molecule has 0 saturated carbocycles. The molecule has 1 aromatic carbocycles. The van der Waals surface area contributed by atoms with Crippen LogP contribution in [-0.2, 0) is 19.1 Å². The molecule has 2 aromatic rings. The second-order valence-electron chi connectivity index (χ2n) is 4.53. The van der Waals surface area contributed by atoms with Gasteiger partial charge in [0.25, 0.3) is 0 Å². The summed E-state index contributed by atoms with van der Waals surface area (Å²) in [4.78, 5) is 0. The van der Waals surface area contributed by atoms with Gasteiger partial charge in [-0.1, -0.05) is 30.3 Å². The maximum absolute atomic E-state index is 13.1. The van der Waals surface area contributed by atoms with Gasteiger partial charge in [0.15, 0.2) is 0 Å². The van der Waals surface area contributed by atoms with Crippen molar-refractivity contribution in [1.29, 1.82) is 0 Å². The van der Waals surface area contributed by atoms with Gasteiger partial charge in [-0.05, 0) is 18.4 Å². The van der Waals surface area contributed by atoms with E-state index < -0.39 is 11.7 Å². The van der Waals surface area contributed by atoms with Crippen LogP contribution in [0.4, 0.5) is 13.2 Å². The lowest BCUT2D eigenvalue weighted by Crippen LogP contribution is -2.05. The molecule has 0 spiro atoms. The SMILES string of the molecule is FC(F)(F)c1cn2c(c1-c1ccccc1)CCC2. The number of hydrogen-bond acceptors (Lipinski definition) is 0. The zero-order chi connectivity index (χ0) is 12.8. The molecule has 1 aromatic heterocycles. The van der Waals surface area contributed by atoms with Crippen LogP contribution in [0.3, 0.4) is 0 Å². The van der Waals surface area contributed by atoms with E-state index in [2.05, 4.69) is 0 Å². The highest BCUT2D eigenvalue weighted by Crippen LogP contribution is 2.42. The van der Waals surface area contributed by atoms with Crippen LogP contribution in [0.5, 0.6) is 0 Å². The first kappa shape index (κ1) is 11.4. The summed E-state index contributed by atoms with van der Waals surface area (Å²) in [5, 5.41) is 0.